The van der Waals surface area contributed by atoms with Crippen LogP contribution in [0, 0.1) is 5.82 Å². The van der Waals surface area contributed by atoms with Crippen LogP contribution in [0.25, 0.3) is 32.7 Å². The second kappa shape index (κ2) is 7.17. The Bertz CT molecular complexity index is 1120. The molecule has 27 heavy (non-hydrogen) atoms. The highest BCUT2D eigenvalue weighted by Gasteiger charge is 2.12. The number of carboxylic acids is 1. The first-order chi connectivity index (χ1) is 13.1. The molecular formula is C23H15FO2S. The van der Waals surface area contributed by atoms with E-state index in [2.05, 4.69) is 23.6 Å². The molecule has 0 aliphatic heterocycles. The Hall–Kier alpha value is -3.24. The van der Waals surface area contributed by atoms with Crippen molar-refractivity contribution in [2.24, 2.45) is 0 Å². The number of thiophene rings is 1. The number of halogens is 1. The highest BCUT2D eigenvalue weighted by Crippen LogP contribution is 2.34. The van der Waals surface area contributed by atoms with Gasteiger partial charge in [0.15, 0.2) is 0 Å². The number of hydrogen-bond donors (Lipinski definition) is 1. The lowest BCUT2D eigenvalue weighted by atomic mass is 9.98. The van der Waals surface area contributed by atoms with Gasteiger partial charge in [-0.15, -0.1) is 11.3 Å². The van der Waals surface area contributed by atoms with Gasteiger partial charge in [-0.25, -0.2) is 9.18 Å². The minimum absolute atomic E-state index is 0.320. The van der Waals surface area contributed by atoms with E-state index >= 15 is 0 Å². The van der Waals surface area contributed by atoms with E-state index in [0.717, 1.165) is 16.7 Å². The summed E-state index contributed by atoms with van der Waals surface area (Å²) in [6, 6.07) is 24.3. The highest BCUT2D eigenvalue weighted by molar-refractivity contribution is 7.14. The Morgan fingerprint density at radius 1 is 0.741 bits per heavy atom. The van der Waals surface area contributed by atoms with Crippen molar-refractivity contribution in [3.8, 4) is 32.7 Å². The van der Waals surface area contributed by atoms with Gasteiger partial charge in [-0.1, -0.05) is 54.6 Å². The summed E-state index contributed by atoms with van der Waals surface area (Å²) in [6.45, 7) is 0. The van der Waals surface area contributed by atoms with Gasteiger partial charge in [0.2, 0.25) is 0 Å². The number of carbonyl (C=O) groups is 1. The molecule has 1 heterocycles. The molecule has 0 amide bonds. The van der Waals surface area contributed by atoms with E-state index in [-0.39, 0.29) is 5.56 Å². The van der Waals surface area contributed by atoms with E-state index in [9.17, 15) is 9.18 Å². The molecule has 0 aliphatic carbocycles. The van der Waals surface area contributed by atoms with E-state index in [1.807, 2.05) is 42.5 Å². The van der Waals surface area contributed by atoms with E-state index < -0.39 is 11.8 Å². The third-order valence-corrected chi connectivity index (χ3v) is 5.36. The third-order valence-electron chi connectivity index (χ3n) is 4.38. The Kier molecular flexibility index (Phi) is 4.57. The predicted octanol–water partition coefficient (Wildman–Crippen LogP) is 6.59. The maximum absolute atomic E-state index is 13.7. The summed E-state index contributed by atoms with van der Waals surface area (Å²) in [7, 11) is 0. The first-order valence-electron chi connectivity index (χ1n) is 8.39. The second-order valence-corrected chi connectivity index (χ2v) is 7.06. The van der Waals surface area contributed by atoms with Crippen molar-refractivity contribution in [3.05, 3.63) is 95.6 Å². The standard InChI is InChI=1S/C23H15FO2S/c24-21-10-9-18(12-20(21)23(25)26)16-7-4-8-17(11-16)19-13-22(27-14-19)15-5-2-1-3-6-15/h1-14H,(H,25,26). The molecule has 0 saturated carbocycles. The van der Waals surface area contributed by atoms with Crippen LogP contribution in [0.2, 0.25) is 0 Å². The zero-order valence-corrected chi connectivity index (χ0v) is 15.0. The SMILES string of the molecule is O=C(O)c1cc(-c2cccc(-c3csc(-c4ccccc4)c3)c2)ccc1F. The molecule has 0 aliphatic rings. The summed E-state index contributed by atoms with van der Waals surface area (Å²) < 4.78 is 13.7. The first-order valence-corrected chi connectivity index (χ1v) is 9.27. The Balaban J connectivity index is 1.71. The quantitative estimate of drug-likeness (QED) is 0.438. The van der Waals surface area contributed by atoms with E-state index in [4.69, 9.17) is 5.11 Å². The summed E-state index contributed by atoms with van der Waals surface area (Å²) in [5, 5.41) is 11.2. The number of carboxylic acid groups (broad SMARTS) is 1. The van der Waals surface area contributed by atoms with Crippen molar-refractivity contribution in [1.82, 2.24) is 0 Å². The first kappa shape index (κ1) is 17.2. The van der Waals surface area contributed by atoms with Gasteiger partial charge in [-0.05, 0) is 57.5 Å². The van der Waals surface area contributed by atoms with Crippen LogP contribution in [0.1, 0.15) is 10.4 Å². The normalized spacial score (nSPS) is 10.7. The molecule has 132 valence electrons. The Morgan fingerprint density at radius 2 is 1.41 bits per heavy atom. The van der Waals surface area contributed by atoms with Crippen LogP contribution >= 0.6 is 11.3 Å². The average molecular weight is 374 g/mol. The van der Waals surface area contributed by atoms with E-state index in [1.165, 1.54) is 22.6 Å². The molecule has 4 aromatic rings. The van der Waals surface area contributed by atoms with Gasteiger partial charge in [-0.3, -0.25) is 0 Å². The maximum Gasteiger partial charge on any atom is 0.338 e. The molecule has 0 saturated heterocycles. The molecule has 0 atom stereocenters. The largest absolute Gasteiger partial charge is 0.478 e. The van der Waals surface area contributed by atoms with Crippen molar-refractivity contribution in [1.29, 1.82) is 0 Å². The molecule has 1 aromatic heterocycles. The van der Waals surface area contributed by atoms with Crippen molar-refractivity contribution in [3.63, 3.8) is 0 Å². The second-order valence-electron chi connectivity index (χ2n) is 6.15. The van der Waals surface area contributed by atoms with Crippen molar-refractivity contribution in [2.75, 3.05) is 0 Å². The lowest BCUT2D eigenvalue weighted by Crippen LogP contribution is -2.00. The molecule has 2 nitrogen and oxygen atoms in total. The Labute approximate surface area is 160 Å². The minimum Gasteiger partial charge on any atom is -0.478 e. The molecule has 0 fully saturated rings. The van der Waals surface area contributed by atoms with Crippen molar-refractivity contribution in [2.45, 2.75) is 0 Å². The zero-order valence-electron chi connectivity index (χ0n) is 14.2. The van der Waals surface area contributed by atoms with Crippen LogP contribution in [0.5, 0.6) is 0 Å². The molecule has 0 radical (unpaired) electrons. The van der Waals surface area contributed by atoms with Gasteiger partial charge in [0.1, 0.15) is 5.82 Å². The molecule has 0 bridgehead atoms. The van der Waals surface area contributed by atoms with E-state index in [0.29, 0.717) is 5.56 Å². The molecule has 4 rings (SSSR count). The number of benzene rings is 3. The van der Waals surface area contributed by atoms with Gasteiger partial charge < -0.3 is 5.11 Å². The molecule has 4 heteroatoms. The lowest BCUT2D eigenvalue weighted by Gasteiger charge is -2.06. The van der Waals surface area contributed by atoms with Crippen LogP contribution in [0.15, 0.2) is 84.2 Å². The molecule has 0 unspecified atom stereocenters. The average Bonchev–Trinajstić information content (AvgIpc) is 3.19. The fourth-order valence-corrected chi connectivity index (χ4v) is 3.91. The van der Waals surface area contributed by atoms with Crippen LogP contribution in [0.3, 0.4) is 0 Å². The lowest BCUT2D eigenvalue weighted by molar-refractivity contribution is 0.0692. The smallest absolute Gasteiger partial charge is 0.338 e. The molecule has 3 aromatic carbocycles. The van der Waals surface area contributed by atoms with Crippen LogP contribution in [-0.2, 0) is 0 Å². The summed E-state index contributed by atoms with van der Waals surface area (Å²) in [4.78, 5) is 12.4. The summed E-state index contributed by atoms with van der Waals surface area (Å²) >= 11 is 1.68. The summed E-state index contributed by atoms with van der Waals surface area (Å²) in [6.07, 6.45) is 0. The highest BCUT2D eigenvalue weighted by atomic mass is 32.1. The predicted molar refractivity (Wildman–Crippen MR) is 108 cm³/mol. The maximum atomic E-state index is 13.7. The molecule has 1 N–H and O–H groups in total. The monoisotopic (exact) mass is 374 g/mol. The van der Waals surface area contributed by atoms with Gasteiger partial charge in [0.05, 0.1) is 5.56 Å². The van der Waals surface area contributed by atoms with Crippen molar-refractivity contribution < 1.29 is 14.3 Å². The fourth-order valence-electron chi connectivity index (χ4n) is 2.99. The zero-order chi connectivity index (χ0) is 18.8. The van der Waals surface area contributed by atoms with Crippen LogP contribution < -0.4 is 0 Å². The molecule has 0 spiro atoms. The molecular weight excluding hydrogens is 359 g/mol. The third kappa shape index (κ3) is 3.52. The number of rotatable bonds is 4. The van der Waals surface area contributed by atoms with Crippen LogP contribution in [-0.4, -0.2) is 11.1 Å². The van der Waals surface area contributed by atoms with Gasteiger partial charge in [-0.2, -0.15) is 0 Å². The fraction of sp³-hybridized carbons (Fsp3) is 0. The summed E-state index contributed by atoms with van der Waals surface area (Å²) in [5.41, 5.74) is 4.51. The van der Waals surface area contributed by atoms with Gasteiger partial charge >= 0.3 is 5.97 Å². The van der Waals surface area contributed by atoms with Gasteiger partial charge in [0, 0.05) is 4.88 Å². The van der Waals surface area contributed by atoms with Gasteiger partial charge in [0.25, 0.3) is 0 Å². The van der Waals surface area contributed by atoms with E-state index in [1.54, 1.807) is 17.4 Å². The van der Waals surface area contributed by atoms with Crippen molar-refractivity contribution >= 4 is 17.3 Å². The minimum atomic E-state index is -1.27. The van der Waals surface area contributed by atoms with Crippen LogP contribution in [0.4, 0.5) is 4.39 Å². The summed E-state index contributed by atoms with van der Waals surface area (Å²) in [5.74, 6) is -2.00. The Morgan fingerprint density at radius 3 is 2.15 bits per heavy atom. The number of hydrogen-bond acceptors (Lipinski definition) is 2. The number of aromatic carboxylic acids is 1. The topological polar surface area (TPSA) is 37.3 Å².